The maximum Gasteiger partial charge on any atom is 0.338 e. The zero-order valence-electron chi connectivity index (χ0n) is 11.9. The van der Waals surface area contributed by atoms with Crippen LogP contribution in [0.25, 0.3) is 0 Å². The first kappa shape index (κ1) is 17.0. The highest BCUT2D eigenvalue weighted by Crippen LogP contribution is 2.27. The van der Waals surface area contributed by atoms with E-state index in [0.717, 1.165) is 6.07 Å². The zero-order valence-corrected chi connectivity index (χ0v) is 13.4. The molecule has 1 heterocycles. The van der Waals surface area contributed by atoms with Crippen LogP contribution in [0.3, 0.4) is 0 Å². The van der Waals surface area contributed by atoms with E-state index in [9.17, 15) is 14.9 Å². The van der Waals surface area contributed by atoms with E-state index in [1.807, 2.05) is 0 Å². The largest absolute Gasteiger partial charge is 0.465 e. The fourth-order valence-electron chi connectivity index (χ4n) is 1.83. The zero-order chi connectivity index (χ0) is 17.0. The van der Waals surface area contributed by atoms with E-state index in [-0.39, 0.29) is 23.5 Å². The van der Waals surface area contributed by atoms with Gasteiger partial charge in [-0.2, -0.15) is 0 Å². The maximum absolute atomic E-state index is 11.5. The van der Waals surface area contributed by atoms with Crippen LogP contribution < -0.4 is 5.32 Å². The van der Waals surface area contributed by atoms with Gasteiger partial charge in [-0.15, -0.1) is 0 Å². The van der Waals surface area contributed by atoms with Gasteiger partial charge >= 0.3 is 5.97 Å². The number of esters is 1. The van der Waals surface area contributed by atoms with E-state index >= 15 is 0 Å². The molecule has 1 N–H and O–H groups in total. The van der Waals surface area contributed by atoms with Gasteiger partial charge in [-0.05, 0) is 18.2 Å². The van der Waals surface area contributed by atoms with Crippen molar-refractivity contribution in [3.05, 3.63) is 61.9 Å². The number of hydrogen-bond acceptors (Lipinski definition) is 6. The number of ether oxygens (including phenoxy) is 1. The second-order valence-corrected chi connectivity index (χ2v) is 5.26. The number of pyridine rings is 1. The molecule has 0 aliphatic rings. The van der Waals surface area contributed by atoms with Crippen LogP contribution in [0.1, 0.15) is 16.1 Å². The first-order chi connectivity index (χ1) is 10.9. The number of aromatic nitrogens is 1. The Bertz CT molecular complexity index is 768. The fraction of sp³-hybridized carbons (Fsp3) is 0.143. The summed E-state index contributed by atoms with van der Waals surface area (Å²) in [6, 6.07) is 5.53. The van der Waals surface area contributed by atoms with Gasteiger partial charge in [0.1, 0.15) is 5.69 Å². The summed E-state index contributed by atoms with van der Waals surface area (Å²) in [7, 11) is 1.20. The van der Waals surface area contributed by atoms with E-state index in [4.69, 9.17) is 23.2 Å². The average Bonchev–Trinajstić information content (AvgIpc) is 2.53. The van der Waals surface area contributed by atoms with Gasteiger partial charge in [-0.25, -0.2) is 4.79 Å². The lowest BCUT2D eigenvalue weighted by molar-refractivity contribution is -0.384. The van der Waals surface area contributed by atoms with Gasteiger partial charge in [0.15, 0.2) is 0 Å². The van der Waals surface area contributed by atoms with Crippen molar-refractivity contribution in [2.45, 2.75) is 6.54 Å². The summed E-state index contributed by atoms with van der Waals surface area (Å²) in [5.41, 5.74) is 0.559. The highest BCUT2D eigenvalue weighted by atomic mass is 35.5. The third kappa shape index (κ3) is 4.08. The second-order valence-electron chi connectivity index (χ2n) is 4.42. The lowest BCUT2D eigenvalue weighted by atomic mass is 10.1. The molecule has 120 valence electrons. The number of carbonyl (C=O) groups excluding carboxylic acids is 1. The van der Waals surface area contributed by atoms with Crippen LogP contribution in [-0.4, -0.2) is 23.0 Å². The Morgan fingerprint density at radius 1 is 1.39 bits per heavy atom. The van der Waals surface area contributed by atoms with E-state index in [2.05, 4.69) is 15.0 Å². The van der Waals surface area contributed by atoms with Crippen LogP contribution in [0.2, 0.25) is 10.0 Å². The number of hydrogen-bond donors (Lipinski definition) is 1. The fourth-order valence-corrected chi connectivity index (χ4v) is 2.28. The molecule has 0 radical (unpaired) electrons. The number of anilines is 1. The molecule has 0 spiro atoms. The number of halogens is 2. The van der Waals surface area contributed by atoms with Crippen LogP contribution in [0.15, 0.2) is 30.5 Å². The van der Waals surface area contributed by atoms with Gasteiger partial charge in [-0.3, -0.25) is 15.1 Å². The van der Waals surface area contributed by atoms with Crippen molar-refractivity contribution in [1.82, 2.24) is 4.98 Å². The number of nitro groups is 1. The van der Waals surface area contributed by atoms with Gasteiger partial charge in [0.05, 0.1) is 39.9 Å². The summed E-state index contributed by atoms with van der Waals surface area (Å²) in [5.74, 6) is -0.651. The van der Waals surface area contributed by atoms with Crippen LogP contribution in [0.4, 0.5) is 11.4 Å². The molecule has 0 unspecified atom stereocenters. The third-order valence-electron chi connectivity index (χ3n) is 2.95. The van der Waals surface area contributed by atoms with Crippen LogP contribution in [-0.2, 0) is 11.3 Å². The number of nitrogens with zero attached hydrogens (tertiary/aromatic N) is 2. The molecule has 0 aliphatic carbocycles. The number of methoxy groups -OCH3 is 1. The van der Waals surface area contributed by atoms with Gasteiger partial charge in [0.25, 0.3) is 5.69 Å². The summed E-state index contributed by atoms with van der Waals surface area (Å²) < 4.78 is 4.55. The normalized spacial score (nSPS) is 10.2. The van der Waals surface area contributed by atoms with Crippen molar-refractivity contribution < 1.29 is 14.5 Å². The molecule has 0 fully saturated rings. The Hall–Kier alpha value is -2.38. The molecule has 0 saturated carbocycles. The summed E-state index contributed by atoms with van der Waals surface area (Å²) in [5, 5.41) is 14.8. The molecule has 0 amide bonds. The minimum absolute atomic E-state index is 0.0902. The second kappa shape index (κ2) is 7.26. The number of rotatable bonds is 5. The highest BCUT2D eigenvalue weighted by Gasteiger charge is 2.18. The van der Waals surface area contributed by atoms with E-state index in [1.165, 1.54) is 31.5 Å². The van der Waals surface area contributed by atoms with Crippen molar-refractivity contribution in [3.63, 3.8) is 0 Å². The topological polar surface area (TPSA) is 94.4 Å². The first-order valence-corrected chi connectivity index (χ1v) is 7.08. The molecular weight excluding hydrogens is 345 g/mol. The molecule has 1 aromatic heterocycles. The van der Waals surface area contributed by atoms with E-state index in [1.54, 1.807) is 0 Å². The monoisotopic (exact) mass is 355 g/mol. The summed E-state index contributed by atoms with van der Waals surface area (Å²) >= 11 is 11.8. The van der Waals surface area contributed by atoms with Crippen molar-refractivity contribution in [2.24, 2.45) is 0 Å². The van der Waals surface area contributed by atoms with Gasteiger partial charge in [0, 0.05) is 12.3 Å². The standard InChI is InChI=1S/C14H11Cl2N3O4/c1-23-14(20)8-2-3-11(13(4-8)19(21)22)18-7-12-10(16)5-9(15)6-17-12/h2-6,18H,7H2,1H3. The quantitative estimate of drug-likeness (QED) is 0.499. The van der Waals surface area contributed by atoms with E-state index in [0.29, 0.717) is 15.7 Å². The predicted octanol–water partition coefficient (Wildman–Crippen LogP) is 3.70. The van der Waals surface area contributed by atoms with Gasteiger partial charge in [-0.1, -0.05) is 23.2 Å². The number of benzene rings is 1. The lowest BCUT2D eigenvalue weighted by Gasteiger charge is -2.09. The smallest absolute Gasteiger partial charge is 0.338 e. The number of carbonyl (C=O) groups is 1. The Labute approximate surface area is 141 Å². The summed E-state index contributed by atoms with van der Waals surface area (Å²) in [6.07, 6.45) is 1.43. The van der Waals surface area contributed by atoms with Crippen molar-refractivity contribution >= 4 is 40.5 Å². The van der Waals surface area contributed by atoms with Crippen molar-refractivity contribution in [1.29, 1.82) is 0 Å². The molecule has 1 aromatic carbocycles. The predicted molar refractivity (Wildman–Crippen MR) is 86.0 cm³/mol. The van der Waals surface area contributed by atoms with Crippen molar-refractivity contribution in [2.75, 3.05) is 12.4 Å². The highest BCUT2D eigenvalue weighted by molar-refractivity contribution is 6.34. The molecule has 9 heteroatoms. The number of nitrogens with one attached hydrogen (secondary N) is 1. The molecule has 0 bridgehead atoms. The molecule has 0 aliphatic heterocycles. The van der Waals surface area contributed by atoms with Crippen LogP contribution in [0, 0.1) is 10.1 Å². The first-order valence-electron chi connectivity index (χ1n) is 6.33. The SMILES string of the molecule is COC(=O)c1ccc(NCc2ncc(Cl)cc2Cl)c([N+](=O)[O-])c1. The average molecular weight is 356 g/mol. The van der Waals surface area contributed by atoms with Gasteiger partial charge < -0.3 is 10.1 Å². The summed E-state index contributed by atoms with van der Waals surface area (Å²) in [6.45, 7) is 0.161. The third-order valence-corrected chi connectivity index (χ3v) is 3.48. The molecule has 0 saturated heterocycles. The Balaban J connectivity index is 2.25. The minimum atomic E-state index is -0.651. The molecular formula is C14H11Cl2N3O4. The Morgan fingerprint density at radius 3 is 2.74 bits per heavy atom. The Kier molecular flexibility index (Phi) is 5.36. The van der Waals surface area contributed by atoms with E-state index < -0.39 is 10.9 Å². The molecule has 2 rings (SSSR count). The molecule has 2 aromatic rings. The van der Waals surface area contributed by atoms with Crippen LogP contribution >= 0.6 is 23.2 Å². The lowest BCUT2D eigenvalue weighted by Crippen LogP contribution is -2.07. The van der Waals surface area contributed by atoms with Crippen molar-refractivity contribution in [3.8, 4) is 0 Å². The molecule has 7 nitrogen and oxygen atoms in total. The maximum atomic E-state index is 11.5. The van der Waals surface area contributed by atoms with Crippen LogP contribution in [0.5, 0.6) is 0 Å². The number of nitro benzene ring substituents is 1. The van der Waals surface area contributed by atoms with Gasteiger partial charge in [0.2, 0.25) is 0 Å². The molecule has 0 atom stereocenters. The molecule has 23 heavy (non-hydrogen) atoms. The Morgan fingerprint density at radius 2 is 2.13 bits per heavy atom. The summed E-state index contributed by atoms with van der Waals surface area (Å²) in [4.78, 5) is 26.1. The minimum Gasteiger partial charge on any atom is -0.465 e.